The summed E-state index contributed by atoms with van der Waals surface area (Å²) in [6, 6.07) is 0. The Bertz CT molecular complexity index is 982. The number of fused-ring (bicyclic) bond motifs is 1. The molecule has 0 amide bonds. The molecule has 1 aliphatic heterocycles. The number of nitrogens with zero attached hydrogens (tertiary/aromatic N) is 4. The summed E-state index contributed by atoms with van der Waals surface area (Å²) in [6.07, 6.45) is -3.29. The van der Waals surface area contributed by atoms with Crippen molar-refractivity contribution in [3.63, 3.8) is 0 Å². The maximum atomic E-state index is 11.6. The zero-order valence-corrected chi connectivity index (χ0v) is 16.9. The fraction of sp³-hybridized carbons (Fsp3) is 0.500. The predicted molar refractivity (Wildman–Crippen MR) is 97.7 cm³/mol. The van der Waals surface area contributed by atoms with Crippen LogP contribution in [0.1, 0.15) is 20.8 Å². The Morgan fingerprint density at radius 3 is 2.43 bits per heavy atom. The highest BCUT2D eigenvalue weighted by Crippen LogP contribution is 2.28. The molecule has 2 N–H and O–H groups in total. The first kappa shape index (κ1) is 21.5. The number of carbonyl (C=O) groups excluding carboxylic acids is 3. The van der Waals surface area contributed by atoms with Crippen molar-refractivity contribution in [2.75, 3.05) is 12.3 Å². The number of ether oxygens (including phenoxy) is 4. The molecule has 0 bridgehead atoms. The van der Waals surface area contributed by atoms with Gasteiger partial charge in [-0.05, 0) is 0 Å². The molecule has 2 aromatic heterocycles. The summed E-state index contributed by atoms with van der Waals surface area (Å²) >= 11 is 6.00. The van der Waals surface area contributed by atoms with Gasteiger partial charge in [0.2, 0.25) is 17.7 Å². The molecule has 1 aliphatic rings. The van der Waals surface area contributed by atoms with E-state index in [0.717, 1.165) is 4.73 Å². The molecule has 2 aromatic rings. The fourth-order valence-electron chi connectivity index (χ4n) is 2.81. The average molecular weight is 444 g/mol. The number of hydrogen-bond donors (Lipinski definition) is 1. The second-order valence-electron chi connectivity index (χ2n) is 6.21. The topological polar surface area (TPSA) is 167 Å². The van der Waals surface area contributed by atoms with Crippen molar-refractivity contribution in [3.05, 3.63) is 11.5 Å². The van der Waals surface area contributed by atoms with Crippen molar-refractivity contribution in [3.8, 4) is 0 Å². The molecule has 3 rings (SSSR count). The minimum absolute atomic E-state index is 0.00857. The summed E-state index contributed by atoms with van der Waals surface area (Å²) in [5.74, 6) is -2.02. The summed E-state index contributed by atoms with van der Waals surface area (Å²) < 4.78 is 22.3. The van der Waals surface area contributed by atoms with Gasteiger partial charge in [-0.1, -0.05) is 11.6 Å². The van der Waals surface area contributed by atoms with Crippen LogP contribution in [-0.2, 0) is 33.3 Å². The molecular formula is C16H18ClN5O8. The van der Waals surface area contributed by atoms with Crippen LogP contribution in [0.4, 0.5) is 5.95 Å². The number of nitrogens with two attached hydrogens (primary N) is 1. The number of hydrogen-bond acceptors (Lipinski definition) is 12. The van der Waals surface area contributed by atoms with E-state index < -0.39 is 42.5 Å². The molecule has 0 aromatic carbocycles. The largest absolute Gasteiger partial charge is 0.463 e. The fourth-order valence-corrected chi connectivity index (χ4v) is 3.03. The molecule has 0 saturated carbocycles. The molecule has 0 aliphatic carbocycles. The molecule has 30 heavy (non-hydrogen) atoms. The number of imidazole rings is 1. The van der Waals surface area contributed by atoms with Gasteiger partial charge in [0, 0.05) is 20.8 Å². The van der Waals surface area contributed by atoms with Gasteiger partial charge in [-0.3, -0.25) is 14.4 Å². The van der Waals surface area contributed by atoms with Crippen molar-refractivity contribution in [2.24, 2.45) is 0 Å². The third-order valence-corrected chi connectivity index (χ3v) is 4.14. The molecule has 14 heteroatoms. The van der Waals surface area contributed by atoms with Gasteiger partial charge in [0.05, 0.1) is 0 Å². The smallest absolute Gasteiger partial charge is 0.303 e. The highest BCUT2D eigenvalue weighted by molar-refractivity contribution is 6.33. The van der Waals surface area contributed by atoms with Crippen LogP contribution >= 0.6 is 11.6 Å². The first-order valence-electron chi connectivity index (χ1n) is 8.62. The lowest BCUT2D eigenvalue weighted by molar-refractivity contribution is -0.189. The Balaban J connectivity index is 1.91. The Hall–Kier alpha value is -3.19. The lowest BCUT2D eigenvalue weighted by Crippen LogP contribution is -2.43. The average Bonchev–Trinajstić information content (AvgIpc) is 3.16. The Kier molecular flexibility index (Phi) is 6.22. The summed E-state index contributed by atoms with van der Waals surface area (Å²) in [5.41, 5.74) is 5.95. The van der Waals surface area contributed by atoms with Crippen LogP contribution < -0.4 is 10.6 Å². The highest BCUT2D eigenvalue weighted by Gasteiger charge is 2.51. The van der Waals surface area contributed by atoms with E-state index in [1.165, 1.54) is 27.1 Å². The first-order valence-corrected chi connectivity index (χ1v) is 9.00. The quantitative estimate of drug-likeness (QED) is 0.350. The van der Waals surface area contributed by atoms with Crippen LogP contribution in [0, 0.1) is 0 Å². The zero-order valence-electron chi connectivity index (χ0n) is 16.1. The van der Waals surface area contributed by atoms with Crippen LogP contribution in [0.15, 0.2) is 6.33 Å². The normalized spacial score (nSPS) is 23.2. The lowest BCUT2D eigenvalue weighted by Gasteiger charge is -2.23. The first-order chi connectivity index (χ1) is 14.2. The van der Waals surface area contributed by atoms with E-state index >= 15 is 0 Å². The van der Waals surface area contributed by atoms with Gasteiger partial charge >= 0.3 is 17.9 Å². The van der Waals surface area contributed by atoms with Crippen LogP contribution in [0.5, 0.6) is 0 Å². The van der Waals surface area contributed by atoms with Gasteiger partial charge in [0.15, 0.2) is 11.3 Å². The molecule has 162 valence electrons. The minimum atomic E-state index is -1.27. The summed E-state index contributed by atoms with van der Waals surface area (Å²) in [4.78, 5) is 51.9. The second kappa shape index (κ2) is 8.67. The van der Waals surface area contributed by atoms with E-state index in [0.29, 0.717) is 0 Å². The van der Waals surface area contributed by atoms with Crippen molar-refractivity contribution in [1.82, 2.24) is 19.7 Å². The Morgan fingerprint density at radius 1 is 1.13 bits per heavy atom. The third-order valence-electron chi connectivity index (χ3n) is 3.88. The van der Waals surface area contributed by atoms with E-state index in [1.807, 2.05) is 0 Å². The number of rotatable bonds is 6. The van der Waals surface area contributed by atoms with E-state index in [2.05, 4.69) is 15.0 Å². The summed E-state index contributed by atoms with van der Waals surface area (Å²) in [6.45, 7) is 3.28. The van der Waals surface area contributed by atoms with Gasteiger partial charge in [0.25, 0.3) is 6.29 Å². The van der Waals surface area contributed by atoms with Crippen LogP contribution in [0.25, 0.3) is 11.2 Å². The van der Waals surface area contributed by atoms with E-state index in [4.69, 9.17) is 41.1 Å². The summed E-state index contributed by atoms with van der Waals surface area (Å²) in [5, 5.41) is 0.00857. The molecule has 13 nitrogen and oxygen atoms in total. The molecule has 4 atom stereocenters. The molecule has 1 saturated heterocycles. The number of nitrogen functional groups attached to an aromatic ring is 1. The van der Waals surface area contributed by atoms with E-state index in [9.17, 15) is 14.4 Å². The van der Waals surface area contributed by atoms with Crippen molar-refractivity contribution in [1.29, 1.82) is 0 Å². The standard InChI is InChI=1S/C16H18ClN5O8/c1-6(23)26-4-9-11(27-7(2)24)12(28-8(3)25)15(29-9)30-22-5-19-10-13(17)20-16(18)21-14(10)22/h5,9,11-12,15H,4H2,1-3H3,(H2,18,20,21)/t9-,11-,12-,15?/m1/s1. The SMILES string of the molecule is CC(=O)OC[C@H]1OC(On2cnc3c(Cl)nc(N)nc32)[C@H](OC(C)=O)[C@@H]1OC(C)=O. The molecule has 1 unspecified atom stereocenters. The van der Waals surface area contributed by atoms with Crippen LogP contribution in [-0.4, -0.2) is 68.8 Å². The van der Waals surface area contributed by atoms with Crippen molar-refractivity contribution < 1.29 is 38.2 Å². The van der Waals surface area contributed by atoms with Gasteiger partial charge < -0.3 is 29.5 Å². The molecule has 0 spiro atoms. The second-order valence-corrected chi connectivity index (χ2v) is 6.57. The molecule has 3 heterocycles. The zero-order chi connectivity index (χ0) is 22.0. The summed E-state index contributed by atoms with van der Waals surface area (Å²) in [7, 11) is 0. The Labute approximate surface area is 174 Å². The van der Waals surface area contributed by atoms with Crippen molar-refractivity contribution in [2.45, 2.75) is 45.4 Å². The highest BCUT2D eigenvalue weighted by atomic mass is 35.5. The molecule has 0 radical (unpaired) electrons. The van der Waals surface area contributed by atoms with Gasteiger partial charge in [-0.2, -0.15) is 9.97 Å². The van der Waals surface area contributed by atoms with Crippen molar-refractivity contribution >= 4 is 46.6 Å². The third kappa shape index (κ3) is 4.68. The lowest BCUT2D eigenvalue weighted by atomic mass is 10.1. The van der Waals surface area contributed by atoms with Crippen LogP contribution in [0.3, 0.4) is 0 Å². The van der Waals surface area contributed by atoms with Gasteiger partial charge in [-0.25, -0.2) is 4.98 Å². The Morgan fingerprint density at radius 2 is 1.80 bits per heavy atom. The van der Waals surface area contributed by atoms with E-state index in [-0.39, 0.29) is 28.9 Å². The van der Waals surface area contributed by atoms with Crippen LogP contribution in [0.2, 0.25) is 5.15 Å². The maximum absolute atomic E-state index is 11.6. The maximum Gasteiger partial charge on any atom is 0.303 e. The molecule has 1 fully saturated rings. The van der Waals surface area contributed by atoms with Gasteiger partial charge in [-0.15, -0.1) is 4.73 Å². The number of anilines is 1. The monoisotopic (exact) mass is 443 g/mol. The van der Waals surface area contributed by atoms with E-state index in [1.54, 1.807) is 0 Å². The van der Waals surface area contributed by atoms with Gasteiger partial charge in [0.1, 0.15) is 24.6 Å². The number of halogens is 1. The minimum Gasteiger partial charge on any atom is -0.463 e. The number of esters is 3. The number of aromatic nitrogens is 4. The predicted octanol–water partition coefficient (Wildman–Crippen LogP) is -0.358. The molecular weight excluding hydrogens is 426 g/mol. The number of carbonyl (C=O) groups is 3.